The van der Waals surface area contributed by atoms with Crippen molar-refractivity contribution < 1.29 is 4.79 Å². The zero-order chi connectivity index (χ0) is 13.0. The van der Waals surface area contributed by atoms with Gasteiger partial charge in [0.25, 0.3) is 5.91 Å². The average molecular weight is 235 g/mol. The van der Waals surface area contributed by atoms with Crippen LogP contribution in [0.2, 0.25) is 0 Å². The molecule has 6 heteroatoms. The Bertz CT molecular complexity index is 457. The summed E-state index contributed by atoms with van der Waals surface area (Å²) < 4.78 is 1.49. The van der Waals surface area contributed by atoms with Crippen LogP contribution >= 0.6 is 0 Å². The van der Waals surface area contributed by atoms with Crippen LogP contribution in [0.15, 0.2) is 0 Å². The van der Waals surface area contributed by atoms with Crippen molar-refractivity contribution >= 4 is 11.6 Å². The number of carbonyl (C=O) groups excluding carboxylic acids is 1. The van der Waals surface area contributed by atoms with Gasteiger partial charge in [-0.3, -0.25) is 9.48 Å². The highest BCUT2D eigenvalue weighted by molar-refractivity contribution is 5.97. The Balaban J connectivity index is 2.98. The van der Waals surface area contributed by atoms with Crippen LogP contribution in [0.4, 0.5) is 5.69 Å². The van der Waals surface area contributed by atoms with Crippen LogP contribution in [-0.4, -0.2) is 33.7 Å². The third kappa shape index (κ3) is 2.56. The Morgan fingerprint density at radius 3 is 2.71 bits per heavy atom. The second kappa shape index (κ2) is 5.34. The molecule has 6 nitrogen and oxygen atoms in total. The lowest BCUT2D eigenvalue weighted by atomic mass is 10.2. The molecule has 0 aliphatic rings. The highest BCUT2D eigenvalue weighted by Gasteiger charge is 2.22. The molecular weight excluding hydrogens is 218 g/mol. The van der Waals surface area contributed by atoms with E-state index in [0.717, 1.165) is 0 Å². The van der Waals surface area contributed by atoms with Gasteiger partial charge in [0, 0.05) is 20.1 Å². The first-order chi connectivity index (χ1) is 8.02. The summed E-state index contributed by atoms with van der Waals surface area (Å²) >= 11 is 0. The summed E-state index contributed by atoms with van der Waals surface area (Å²) in [7, 11) is 1.69. The molecule has 1 amide bonds. The van der Waals surface area contributed by atoms with Gasteiger partial charge in [-0.25, -0.2) is 0 Å². The molecule has 17 heavy (non-hydrogen) atoms. The number of aryl methyl sites for hydroxylation is 2. The second-order valence-corrected chi connectivity index (χ2v) is 3.76. The minimum atomic E-state index is -0.177. The molecule has 1 rings (SSSR count). The van der Waals surface area contributed by atoms with Gasteiger partial charge in [-0.1, -0.05) is 0 Å². The summed E-state index contributed by atoms with van der Waals surface area (Å²) in [5, 5.41) is 12.7. The van der Waals surface area contributed by atoms with Crippen LogP contribution in [0.1, 0.15) is 29.5 Å². The molecule has 0 aliphatic carbocycles. The molecule has 1 aromatic rings. The van der Waals surface area contributed by atoms with Crippen LogP contribution < -0.4 is 5.73 Å². The fourth-order valence-corrected chi connectivity index (χ4v) is 1.67. The summed E-state index contributed by atoms with van der Waals surface area (Å²) in [4.78, 5) is 13.8. The first-order valence-corrected chi connectivity index (χ1v) is 5.48. The topological polar surface area (TPSA) is 87.9 Å². The fourth-order valence-electron chi connectivity index (χ4n) is 1.67. The minimum Gasteiger partial charge on any atom is -0.395 e. The molecular formula is C11H17N5O. The summed E-state index contributed by atoms with van der Waals surface area (Å²) in [6, 6.07) is 2.03. The molecule has 2 N–H and O–H groups in total. The number of nitrogen functional groups attached to an aromatic ring is 1. The van der Waals surface area contributed by atoms with E-state index in [9.17, 15) is 4.79 Å². The number of carbonyl (C=O) groups is 1. The van der Waals surface area contributed by atoms with Crippen LogP contribution in [-0.2, 0) is 7.05 Å². The molecule has 0 atom stereocenters. The van der Waals surface area contributed by atoms with E-state index in [-0.39, 0.29) is 5.91 Å². The molecule has 0 aliphatic heterocycles. The first kappa shape index (κ1) is 13.0. The van der Waals surface area contributed by atoms with Crippen LogP contribution in [0, 0.1) is 18.3 Å². The van der Waals surface area contributed by atoms with Gasteiger partial charge in [-0.15, -0.1) is 0 Å². The number of nitriles is 1. The molecule has 0 unspecified atom stereocenters. The predicted molar refractivity (Wildman–Crippen MR) is 64.2 cm³/mol. The second-order valence-electron chi connectivity index (χ2n) is 3.76. The van der Waals surface area contributed by atoms with Gasteiger partial charge in [-0.05, 0) is 13.8 Å². The summed E-state index contributed by atoms with van der Waals surface area (Å²) in [6.45, 7) is 4.59. The van der Waals surface area contributed by atoms with Gasteiger partial charge in [0.2, 0.25) is 0 Å². The highest BCUT2D eigenvalue weighted by Crippen LogP contribution is 2.17. The Morgan fingerprint density at radius 1 is 1.65 bits per heavy atom. The largest absolute Gasteiger partial charge is 0.395 e. The lowest BCUT2D eigenvalue weighted by molar-refractivity contribution is 0.0758. The Labute approximate surface area is 101 Å². The van der Waals surface area contributed by atoms with E-state index >= 15 is 0 Å². The quantitative estimate of drug-likeness (QED) is 0.831. The van der Waals surface area contributed by atoms with Crippen molar-refractivity contribution in [3.63, 3.8) is 0 Å². The maximum absolute atomic E-state index is 12.2. The lowest BCUT2D eigenvalue weighted by Gasteiger charge is -2.19. The maximum atomic E-state index is 12.2. The fraction of sp³-hybridized carbons (Fsp3) is 0.545. The number of aromatic nitrogens is 2. The standard InChI is InChI=1S/C11H17N5O/c1-4-16(7-5-6-12)11(17)10-9(13)8(2)14-15(10)3/h4-5,7,13H2,1-3H3. The highest BCUT2D eigenvalue weighted by atomic mass is 16.2. The first-order valence-electron chi connectivity index (χ1n) is 5.48. The van der Waals surface area contributed by atoms with Crippen LogP contribution in [0.5, 0.6) is 0 Å². The Hall–Kier alpha value is -2.03. The van der Waals surface area contributed by atoms with Crippen LogP contribution in [0.25, 0.3) is 0 Å². The molecule has 1 aromatic heterocycles. The molecule has 0 spiro atoms. The van der Waals surface area contributed by atoms with E-state index in [1.807, 2.05) is 13.0 Å². The van der Waals surface area contributed by atoms with Crippen molar-refractivity contribution in [1.29, 1.82) is 5.26 Å². The monoisotopic (exact) mass is 235 g/mol. The van der Waals surface area contributed by atoms with Gasteiger partial charge >= 0.3 is 0 Å². The van der Waals surface area contributed by atoms with Gasteiger partial charge < -0.3 is 10.6 Å². The Kier molecular flexibility index (Phi) is 4.10. The van der Waals surface area contributed by atoms with E-state index in [0.29, 0.717) is 36.6 Å². The molecule has 0 radical (unpaired) electrons. The maximum Gasteiger partial charge on any atom is 0.274 e. The van der Waals surface area contributed by atoms with Crippen molar-refractivity contribution in [1.82, 2.24) is 14.7 Å². The normalized spacial score (nSPS) is 10.0. The van der Waals surface area contributed by atoms with E-state index in [2.05, 4.69) is 5.10 Å². The van der Waals surface area contributed by atoms with Crippen molar-refractivity contribution in [2.75, 3.05) is 18.8 Å². The number of nitrogens with zero attached hydrogens (tertiary/aromatic N) is 4. The predicted octanol–water partition coefficient (Wildman–Crippen LogP) is 0.686. The molecule has 0 bridgehead atoms. The third-order valence-electron chi connectivity index (χ3n) is 2.63. The van der Waals surface area contributed by atoms with E-state index in [1.165, 1.54) is 4.68 Å². The van der Waals surface area contributed by atoms with Crippen molar-refractivity contribution in [3.8, 4) is 6.07 Å². The van der Waals surface area contributed by atoms with Gasteiger partial charge in [0.15, 0.2) is 0 Å². The zero-order valence-corrected chi connectivity index (χ0v) is 10.4. The lowest BCUT2D eigenvalue weighted by Crippen LogP contribution is -2.33. The van der Waals surface area contributed by atoms with Crippen LogP contribution in [0.3, 0.4) is 0 Å². The average Bonchev–Trinajstić information content (AvgIpc) is 2.54. The van der Waals surface area contributed by atoms with Crippen molar-refractivity contribution in [2.45, 2.75) is 20.3 Å². The number of rotatable bonds is 4. The van der Waals surface area contributed by atoms with Crippen molar-refractivity contribution in [3.05, 3.63) is 11.4 Å². The minimum absolute atomic E-state index is 0.177. The molecule has 0 aromatic carbocycles. The molecule has 0 fully saturated rings. The molecule has 0 saturated carbocycles. The molecule has 1 heterocycles. The van der Waals surface area contributed by atoms with E-state index < -0.39 is 0 Å². The number of anilines is 1. The molecule has 92 valence electrons. The number of nitrogens with two attached hydrogens (primary N) is 1. The van der Waals surface area contributed by atoms with Gasteiger partial charge in [0.05, 0.1) is 23.9 Å². The Morgan fingerprint density at radius 2 is 2.29 bits per heavy atom. The number of amides is 1. The zero-order valence-electron chi connectivity index (χ0n) is 10.4. The van der Waals surface area contributed by atoms with Gasteiger partial charge in [0.1, 0.15) is 5.69 Å². The van der Waals surface area contributed by atoms with E-state index in [1.54, 1.807) is 18.9 Å². The summed E-state index contributed by atoms with van der Waals surface area (Å²) in [6.07, 6.45) is 0.316. The third-order valence-corrected chi connectivity index (χ3v) is 2.63. The number of hydrogen-bond donors (Lipinski definition) is 1. The number of hydrogen-bond acceptors (Lipinski definition) is 4. The summed E-state index contributed by atoms with van der Waals surface area (Å²) in [5.74, 6) is -0.177. The SMILES string of the molecule is CCN(CCC#N)C(=O)c1c(N)c(C)nn1C. The molecule has 0 saturated heterocycles. The van der Waals surface area contributed by atoms with Crippen molar-refractivity contribution in [2.24, 2.45) is 7.05 Å². The summed E-state index contributed by atoms with van der Waals surface area (Å²) in [5.41, 5.74) is 7.28. The smallest absolute Gasteiger partial charge is 0.274 e. The van der Waals surface area contributed by atoms with Gasteiger partial charge in [-0.2, -0.15) is 10.4 Å². The van der Waals surface area contributed by atoms with E-state index in [4.69, 9.17) is 11.0 Å².